The number of non-ortho nitro benzene ring substituents is 1. The van der Waals surface area contributed by atoms with Gasteiger partial charge in [0, 0.05) is 23.7 Å². The second-order valence-corrected chi connectivity index (χ2v) is 5.50. The summed E-state index contributed by atoms with van der Waals surface area (Å²) < 4.78 is 0. The summed E-state index contributed by atoms with van der Waals surface area (Å²) in [7, 11) is 0. The van der Waals surface area contributed by atoms with E-state index < -0.39 is 4.92 Å². The largest absolute Gasteiger partial charge is 0.508 e. The number of hydrogen-bond donors (Lipinski definition) is 2. The number of benzene rings is 2. The van der Waals surface area contributed by atoms with Crippen molar-refractivity contribution in [3.8, 4) is 5.75 Å². The van der Waals surface area contributed by atoms with Gasteiger partial charge in [-0.2, -0.15) is 0 Å². The maximum Gasteiger partial charge on any atom is 0.269 e. The fourth-order valence-corrected chi connectivity index (χ4v) is 2.35. The van der Waals surface area contributed by atoms with E-state index in [-0.39, 0.29) is 23.4 Å². The number of aryl methyl sites for hydroxylation is 1. The lowest BCUT2D eigenvalue weighted by molar-refractivity contribution is -0.384. The van der Waals surface area contributed by atoms with Crippen LogP contribution in [0.25, 0.3) is 0 Å². The maximum atomic E-state index is 12.3. The second kappa shape index (κ2) is 6.91. The second-order valence-electron chi connectivity index (χ2n) is 5.50. The van der Waals surface area contributed by atoms with Crippen LogP contribution < -0.4 is 5.32 Å². The van der Waals surface area contributed by atoms with Crippen molar-refractivity contribution in [3.05, 3.63) is 69.3 Å². The first-order chi connectivity index (χ1) is 10.9. The minimum absolute atomic E-state index is 0.0313. The third-order valence-electron chi connectivity index (χ3n) is 3.52. The van der Waals surface area contributed by atoms with Crippen LogP contribution in [-0.4, -0.2) is 22.0 Å². The molecule has 0 aliphatic carbocycles. The molecular formula is C17H18N2O4. The van der Waals surface area contributed by atoms with Crippen LogP contribution in [0.1, 0.15) is 28.4 Å². The van der Waals surface area contributed by atoms with Crippen molar-refractivity contribution in [1.82, 2.24) is 5.32 Å². The number of nitrogens with zero attached hydrogens (tertiary/aromatic N) is 1. The van der Waals surface area contributed by atoms with Crippen LogP contribution in [-0.2, 0) is 6.42 Å². The lowest BCUT2D eigenvalue weighted by Gasteiger charge is -2.15. The van der Waals surface area contributed by atoms with Gasteiger partial charge < -0.3 is 10.4 Å². The molecule has 6 heteroatoms. The average molecular weight is 314 g/mol. The van der Waals surface area contributed by atoms with E-state index in [4.69, 9.17) is 0 Å². The van der Waals surface area contributed by atoms with Crippen molar-refractivity contribution in [1.29, 1.82) is 0 Å². The predicted molar refractivity (Wildman–Crippen MR) is 86.6 cm³/mol. The van der Waals surface area contributed by atoms with Gasteiger partial charge in [0.2, 0.25) is 0 Å². The molecule has 23 heavy (non-hydrogen) atoms. The zero-order valence-electron chi connectivity index (χ0n) is 12.9. The average Bonchev–Trinajstić information content (AvgIpc) is 2.49. The van der Waals surface area contributed by atoms with E-state index in [9.17, 15) is 20.0 Å². The highest BCUT2D eigenvalue weighted by molar-refractivity contribution is 5.96. The van der Waals surface area contributed by atoms with E-state index in [1.54, 1.807) is 31.2 Å². The van der Waals surface area contributed by atoms with Crippen molar-refractivity contribution in [2.24, 2.45) is 0 Å². The fourth-order valence-electron chi connectivity index (χ4n) is 2.35. The predicted octanol–water partition coefficient (Wildman–Crippen LogP) is 2.97. The number of hydrogen-bond acceptors (Lipinski definition) is 4. The fraction of sp³-hybridized carbons (Fsp3) is 0.235. The van der Waals surface area contributed by atoms with Gasteiger partial charge in [-0.25, -0.2) is 0 Å². The normalized spacial score (nSPS) is 11.7. The molecule has 1 amide bonds. The Kier molecular flexibility index (Phi) is 4.95. The summed E-state index contributed by atoms with van der Waals surface area (Å²) in [6.45, 7) is 3.55. The number of carbonyl (C=O) groups is 1. The minimum Gasteiger partial charge on any atom is -0.508 e. The van der Waals surface area contributed by atoms with Crippen molar-refractivity contribution in [3.63, 3.8) is 0 Å². The van der Waals surface area contributed by atoms with Crippen LogP contribution in [0.15, 0.2) is 42.5 Å². The standard InChI is InChI=1S/C17H18N2O4/c1-11-9-14(19(22)23)5-8-16(11)17(21)18-12(2)10-13-3-6-15(20)7-4-13/h3-9,12,20H,10H2,1-2H3,(H,18,21). The summed E-state index contributed by atoms with van der Waals surface area (Å²) in [5, 5.41) is 22.9. The van der Waals surface area contributed by atoms with Gasteiger partial charge in [-0.1, -0.05) is 12.1 Å². The van der Waals surface area contributed by atoms with Crippen molar-refractivity contribution in [2.75, 3.05) is 0 Å². The van der Waals surface area contributed by atoms with Gasteiger partial charge in [0.1, 0.15) is 5.75 Å². The van der Waals surface area contributed by atoms with Crippen molar-refractivity contribution >= 4 is 11.6 Å². The molecule has 0 aromatic heterocycles. The molecule has 0 aliphatic heterocycles. The molecule has 0 fully saturated rings. The van der Waals surface area contributed by atoms with Crippen LogP contribution in [0.2, 0.25) is 0 Å². The van der Waals surface area contributed by atoms with E-state index in [0.717, 1.165) is 5.56 Å². The van der Waals surface area contributed by atoms with E-state index in [1.807, 2.05) is 6.92 Å². The summed E-state index contributed by atoms with van der Waals surface area (Å²) in [5.74, 6) is -0.0596. The summed E-state index contributed by atoms with van der Waals surface area (Å²) >= 11 is 0. The summed E-state index contributed by atoms with van der Waals surface area (Å²) in [5.41, 5.74) is 1.95. The zero-order valence-corrected chi connectivity index (χ0v) is 12.9. The molecule has 0 bridgehead atoms. The molecule has 1 atom stereocenters. The van der Waals surface area contributed by atoms with Crippen LogP contribution in [0.4, 0.5) is 5.69 Å². The van der Waals surface area contributed by atoms with Crippen molar-refractivity contribution in [2.45, 2.75) is 26.3 Å². The Balaban J connectivity index is 2.03. The summed E-state index contributed by atoms with van der Waals surface area (Å²) in [4.78, 5) is 22.5. The van der Waals surface area contributed by atoms with E-state index in [2.05, 4.69) is 5.32 Å². The highest BCUT2D eigenvalue weighted by Gasteiger charge is 2.15. The molecule has 2 rings (SSSR count). The Morgan fingerprint density at radius 3 is 2.48 bits per heavy atom. The number of phenolic OH excluding ortho intramolecular Hbond substituents is 1. The van der Waals surface area contributed by atoms with Crippen LogP contribution in [0.5, 0.6) is 5.75 Å². The van der Waals surface area contributed by atoms with Crippen LogP contribution >= 0.6 is 0 Å². The molecule has 0 saturated heterocycles. The van der Waals surface area contributed by atoms with Gasteiger partial charge in [-0.3, -0.25) is 14.9 Å². The van der Waals surface area contributed by atoms with E-state index in [0.29, 0.717) is 17.5 Å². The molecule has 2 aromatic carbocycles. The molecule has 0 aliphatic rings. The molecule has 1 unspecified atom stereocenters. The minimum atomic E-state index is -0.484. The van der Waals surface area contributed by atoms with Crippen molar-refractivity contribution < 1.29 is 14.8 Å². The third kappa shape index (κ3) is 4.29. The zero-order chi connectivity index (χ0) is 17.0. The number of aromatic hydroxyl groups is 1. The van der Waals surface area contributed by atoms with Gasteiger partial charge in [0.25, 0.3) is 11.6 Å². The number of carbonyl (C=O) groups excluding carboxylic acids is 1. The molecule has 120 valence electrons. The quantitative estimate of drug-likeness (QED) is 0.655. The summed E-state index contributed by atoms with van der Waals surface area (Å²) in [6, 6.07) is 10.9. The number of nitro groups is 1. The highest BCUT2D eigenvalue weighted by Crippen LogP contribution is 2.17. The Labute approximate surface area is 133 Å². The molecule has 2 aromatic rings. The molecule has 0 heterocycles. The molecule has 0 radical (unpaired) electrons. The smallest absolute Gasteiger partial charge is 0.269 e. The lowest BCUT2D eigenvalue weighted by Crippen LogP contribution is -2.34. The lowest BCUT2D eigenvalue weighted by atomic mass is 10.0. The first kappa shape index (κ1) is 16.5. The van der Waals surface area contributed by atoms with Gasteiger partial charge in [0.05, 0.1) is 4.92 Å². The molecule has 2 N–H and O–H groups in total. The SMILES string of the molecule is Cc1cc([N+](=O)[O-])ccc1C(=O)NC(C)Cc1ccc(O)cc1. The monoisotopic (exact) mass is 314 g/mol. The van der Waals surface area contributed by atoms with Gasteiger partial charge in [0.15, 0.2) is 0 Å². The van der Waals surface area contributed by atoms with Crippen LogP contribution in [0, 0.1) is 17.0 Å². The first-order valence-electron chi connectivity index (χ1n) is 7.20. The number of phenols is 1. The molecule has 0 spiro atoms. The topological polar surface area (TPSA) is 92.5 Å². The molecule has 0 saturated carbocycles. The maximum absolute atomic E-state index is 12.3. The van der Waals surface area contributed by atoms with E-state index >= 15 is 0 Å². The highest BCUT2D eigenvalue weighted by atomic mass is 16.6. The Hall–Kier alpha value is -2.89. The third-order valence-corrected chi connectivity index (χ3v) is 3.52. The first-order valence-corrected chi connectivity index (χ1v) is 7.20. The Morgan fingerprint density at radius 1 is 1.26 bits per heavy atom. The molecular weight excluding hydrogens is 296 g/mol. The van der Waals surface area contributed by atoms with Gasteiger partial charge >= 0.3 is 0 Å². The Morgan fingerprint density at radius 2 is 1.91 bits per heavy atom. The van der Waals surface area contributed by atoms with Gasteiger partial charge in [-0.05, 0) is 49.6 Å². The van der Waals surface area contributed by atoms with Gasteiger partial charge in [-0.15, -0.1) is 0 Å². The summed E-state index contributed by atoms with van der Waals surface area (Å²) in [6.07, 6.45) is 0.623. The Bertz CT molecular complexity index is 726. The number of rotatable bonds is 5. The molecule has 6 nitrogen and oxygen atoms in total. The van der Waals surface area contributed by atoms with Crippen LogP contribution in [0.3, 0.4) is 0 Å². The number of nitro benzene ring substituents is 1. The number of nitrogens with one attached hydrogen (secondary N) is 1. The number of amides is 1. The van der Waals surface area contributed by atoms with E-state index in [1.165, 1.54) is 18.2 Å².